The fourth-order valence-electron chi connectivity index (χ4n) is 2.90. The molecule has 6 nitrogen and oxygen atoms in total. The number of fused-ring (bicyclic) bond motifs is 1. The summed E-state index contributed by atoms with van der Waals surface area (Å²) in [5.41, 5.74) is 1.24. The fourth-order valence-corrected chi connectivity index (χ4v) is 2.90. The summed E-state index contributed by atoms with van der Waals surface area (Å²) in [5.74, 6) is 0. The molecule has 0 aliphatic carbocycles. The quantitative estimate of drug-likeness (QED) is 0.739. The van der Waals surface area contributed by atoms with Crippen molar-refractivity contribution in [1.82, 2.24) is 24.5 Å². The molecular weight excluding hydrogens is 230 g/mol. The smallest absolute Gasteiger partial charge is 0.320 e. The second-order valence-corrected chi connectivity index (χ2v) is 5.27. The van der Waals surface area contributed by atoms with Gasteiger partial charge in [0.2, 0.25) is 0 Å². The third-order valence-electron chi connectivity index (χ3n) is 3.79. The highest BCUT2D eigenvalue weighted by Crippen LogP contribution is 2.20. The van der Waals surface area contributed by atoms with Crippen LogP contribution in [0, 0.1) is 0 Å². The van der Waals surface area contributed by atoms with Crippen LogP contribution in [0.15, 0.2) is 12.4 Å². The van der Waals surface area contributed by atoms with Crippen molar-refractivity contribution in [2.75, 3.05) is 33.2 Å². The summed E-state index contributed by atoms with van der Waals surface area (Å²) in [7, 11) is 3.82. The Balaban J connectivity index is 1.63. The van der Waals surface area contributed by atoms with Gasteiger partial charge in [0.25, 0.3) is 0 Å². The Morgan fingerprint density at radius 3 is 2.89 bits per heavy atom. The minimum Gasteiger partial charge on any atom is -0.326 e. The second-order valence-electron chi connectivity index (χ2n) is 5.27. The van der Waals surface area contributed by atoms with E-state index in [1.165, 1.54) is 5.56 Å². The van der Waals surface area contributed by atoms with E-state index < -0.39 is 0 Å². The number of urea groups is 1. The number of rotatable bonds is 2. The van der Waals surface area contributed by atoms with Gasteiger partial charge in [0.15, 0.2) is 0 Å². The number of carbonyl (C=O) groups is 1. The van der Waals surface area contributed by atoms with Crippen LogP contribution in [-0.2, 0) is 13.6 Å². The second kappa shape index (κ2) is 4.28. The lowest BCUT2D eigenvalue weighted by Gasteiger charge is -2.36. The summed E-state index contributed by atoms with van der Waals surface area (Å²) < 4.78 is 1.83. The highest BCUT2D eigenvalue weighted by Gasteiger charge is 2.38. The molecule has 2 fully saturated rings. The molecule has 0 N–H and O–H groups in total. The Labute approximate surface area is 107 Å². The molecule has 0 radical (unpaired) electrons. The molecule has 1 aromatic heterocycles. The van der Waals surface area contributed by atoms with E-state index in [0.29, 0.717) is 6.04 Å². The first-order chi connectivity index (χ1) is 8.63. The molecule has 6 heteroatoms. The number of hydrogen-bond donors (Lipinski definition) is 0. The highest BCUT2D eigenvalue weighted by molar-refractivity contribution is 5.77. The van der Waals surface area contributed by atoms with Crippen LogP contribution in [0.2, 0.25) is 0 Å². The number of carbonyl (C=O) groups excluding carboxylic acids is 1. The molecule has 0 saturated carbocycles. The molecule has 2 aliphatic rings. The van der Waals surface area contributed by atoms with Gasteiger partial charge in [-0.25, -0.2) is 4.79 Å². The third-order valence-corrected chi connectivity index (χ3v) is 3.79. The van der Waals surface area contributed by atoms with E-state index in [0.717, 1.165) is 32.7 Å². The zero-order valence-electron chi connectivity index (χ0n) is 10.9. The molecule has 2 saturated heterocycles. The Morgan fingerprint density at radius 1 is 1.33 bits per heavy atom. The largest absolute Gasteiger partial charge is 0.326 e. The third kappa shape index (κ3) is 1.96. The molecule has 1 aromatic rings. The SMILES string of the molecule is CN1C[C@H]2CN(Cc3cnn(C)c3)CCN2C1=O. The van der Waals surface area contributed by atoms with Crippen LogP contribution in [0.3, 0.4) is 0 Å². The van der Waals surface area contributed by atoms with Crippen LogP contribution in [-0.4, -0.2) is 69.8 Å². The van der Waals surface area contributed by atoms with Gasteiger partial charge in [-0.3, -0.25) is 9.58 Å². The van der Waals surface area contributed by atoms with Crippen molar-refractivity contribution in [3.8, 4) is 0 Å². The number of nitrogens with zero attached hydrogens (tertiary/aromatic N) is 5. The van der Waals surface area contributed by atoms with Crippen LogP contribution in [0.25, 0.3) is 0 Å². The maximum Gasteiger partial charge on any atom is 0.320 e. The van der Waals surface area contributed by atoms with Crippen molar-refractivity contribution >= 4 is 6.03 Å². The minimum absolute atomic E-state index is 0.182. The summed E-state index contributed by atoms with van der Waals surface area (Å²) in [6, 6.07) is 0.536. The zero-order chi connectivity index (χ0) is 12.7. The van der Waals surface area contributed by atoms with Crippen LogP contribution in [0.5, 0.6) is 0 Å². The lowest BCUT2D eigenvalue weighted by molar-refractivity contribution is 0.116. The van der Waals surface area contributed by atoms with E-state index in [1.54, 1.807) is 0 Å². The van der Waals surface area contributed by atoms with Crippen LogP contribution in [0.1, 0.15) is 5.56 Å². The van der Waals surface area contributed by atoms with Gasteiger partial charge in [-0.15, -0.1) is 0 Å². The molecule has 98 valence electrons. The topological polar surface area (TPSA) is 44.6 Å². The maximum atomic E-state index is 11.8. The number of hydrogen-bond acceptors (Lipinski definition) is 3. The lowest BCUT2D eigenvalue weighted by atomic mass is 10.2. The van der Waals surface area contributed by atoms with Gasteiger partial charge >= 0.3 is 6.03 Å². The summed E-state index contributed by atoms with van der Waals surface area (Å²) in [6.45, 7) is 4.53. The fraction of sp³-hybridized carbons (Fsp3) is 0.667. The Kier molecular flexibility index (Phi) is 2.74. The molecule has 3 heterocycles. The summed E-state index contributed by atoms with van der Waals surface area (Å²) in [6.07, 6.45) is 3.97. The first-order valence-corrected chi connectivity index (χ1v) is 6.35. The molecular formula is C12H19N5O. The number of piperazine rings is 1. The van der Waals surface area contributed by atoms with Crippen LogP contribution < -0.4 is 0 Å². The number of amides is 2. The number of likely N-dealkylation sites (N-methyl/N-ethyl adjacent to an activating group) is 1. The Bertz CT molecular complexity index is 457. The standard InChI is InChI=1S/C12H19N5O/c1-14-8-11-9-16(3-4-17(11)12(14)18)7-10-5-13-15(2)6-10/h5-6,11H,3-4,7-9H2,1-2H3/t11-/m0/s1. The minimum atomic E-state index is 0.182. The van der Waals surface area contributed by atoms with Gasteiger partial charge in [0, 0.05) is 58.6 Å². The van der Waals surface area contributed by atoms with Gasteiger partial charge in [0.1, 0.15) is 0 Å². The monoisotopic (exact) mass is 249 g/mol. The van der Waals surface area contributed by atoms with Gasteiger partial charge in [0.05, 0.1) is 12.2 Å². The molecule has 3 rings (SSSR count). The maximum absolute atomic E-state index is 11.8. The highest BCUT2D eigenvalue weighted by atomic mass is 16.2. The molecule has 18 heavy (non-hydrogen) atoms. The number of aromatic nitrogens is 2. The summed E-state index contributed by atoms with van der Waals surface area (Å²) in [5, 5.41) is 4.19. The molecule has 1 atom stereocenters. The average molecular weight is 249 g/mol. The number of aryl methyl sites for hydroxylation is 1. The molecule has 2 amide bonds. The van der Waals surface area contributed by atoms with Crippen LogP contribution >= 0.6 is 0 Å². The van der Waals surface area contributed by atoms with E-state index in [-0.39, 0.29) is 6.03 Å². The normalized spacial score (nSPS) is 24.8. The van der Waals surface area contributed by atoms with Gasteiger partial charge in [-0.2, -0.15) is 5.10 Å². The van der Waals surface area contributed by atoms with Crippen molar-refractivity contribution in [1.29, 1.82) is 0 Å². The van der Waals surface area contributed by atoms with Crippen molar-refractivity contribution in [2.24, 2.45) is 7.05 Å². The predicted molar refractivity (Wildman–Crippen MR) is 67.0 cm³/mol. The first-order valence-electron chi connectivity index (χ1n) is 6.35. The molecule has 2 aliphatic heterocycles. The van der Waals surface area contributed by atoms with Crippen molar-refractivity contribution < 1.29 is 4.79 Å². The Hall–Kier alpha value is -1.56. The average Bonchev–Trinajstić information content (AvgIpc) is 2.85. The zero-order valence-corrected chi connectivity index (χ0v) is 10.9. The summed E-state index contributed by atoms with van der Waals surface area (Å²) in [4.78, 5) is 18.1. The molecule has 0 aromatic carbocycles. The van der Waals surface area contributed by atoms with Crippen LogP contribution in [0.4, 0.5) is 4.79 Å². The van der Waals surface area contributed by atoms with Gasteiger partial charge < -0.3 is 9.80 Å². The van der Waals surface area contributed by atoms with Gasteiger partial charge in [-0.05, 0) is 0 Å². The first kappa shape index (κ1) is 11.5. The van der Waals surface area contributed by atoms with E-state index in [4.69, 9.17) is 0 Å². The van der Waals surface area contributed by atoms with Gasteiger partial charge in [-0.1, -0.05) is 0 Å². The van der Waals surface area contributed by atoms with E-state index in [2.05, 4.69) is 16.2 Å². The van der Waals surface area contributed by atoms with Crippen molar-refractivity contribution in [3.05, 3.63) is 18.0 Å². The van der Waals surface area contributed by atoms with E-state index >= 15 is 0 Å². The summed E-state index contributed by atoms with van der Waals surface area (Å²) >= 11 is 0. The van der Waals surface area contributed by atoms with E-state index in [1.807, 2.05) is 34.8 Å². The molecule has 0 spiro atoms. The molecule has 0 bridgehead atoms. The van der Waals surface area contributed by atoms with Crippen molar-refractivity contribution in [2.45, 2.75) is 12.6 Å². The lowest BCUT2D eigenvalue weighted by Crippen LogP contribution is -2.51. The Morgan fingerprint density at radius 2 is 2.17 bits per heavy atom. The molecule has 0 unspecified atom stereocenters. The predicted octanol–water partition coefficient (Wildman–Crippen LogP) is -0.0283. The van der Waals surface area contributed by atoms with E-state index in [9.17, 15) is 4.79 Å². The van der Waals surface area contributed by atoms with Crippen molar-refractivity contribution in [3.63, 3.8) is 0 Å².